The Kier molecular flexibility index (Phi) is 6.54. The molecule has 2 atom stereocenters. The molecule has 1 fully saturated rings. The minimum atomic E-state index is -0.854. The SMILES string of the molecule is CNC(C=O)CC(C)Cc1ccc(N2CCN(C(=O)O)CC2)cn1. The molecule has 7 nitrogen and oxygen atoms in total. The number of nitrogens with one attached hydrogen (secondary N) is 1. The van der Waals surface area contributed by atoms with Crippen molar-refractivity contribution in [3.8, 4) is 0 Å². The average Bonchev–Trinajstić information content (AvgIpc) is 2.60. The van der Waals surface area contributed by atoms with Gasteiger partial charge in [0.05, 0.1) is 17.9 Å². The number of aromatic nitrogens is 1. The fourth-order valence-electron chi connectivity index (χ4n) is 3.00. The van der Waals surface area contributed by atoms with E-state index >= 15 is 0 Å². The Balaban J connectivity index is 1.87. The van der Waals surface area contributed by atoms with Crippen molar-refractivity contribution in [2.24, 2.45) is 5.92 Å². The largest absolute Gasteiger partial charge is 0.465 e. The molecule has 2 unspecified atom stereocenters. The summed E-state index contributed by atoms with van der Waals surface area (Å²) in [4.78, 5) is 29.9. The molecule has 1 aromatic rings. The Morgan fingerprint density at radius 3 is 2.58 bits per heavy atom. The van der Waals surface area contributed by atoms with E-state index in [2.05, 4.69) is 22.1 Å². The van der Waals surface area contributed by atoms with Gasteiger partial charge in [-0.3, -0.25) is 4.98 Å². The van der Waals surface area contributed by atoms with Crippen LogP contribution in [0.1, 0.15) is 19.0 Å². The molecule has 1 aliphatic heterocycles. The van der Waals surface area contributed by atoms with E-state index < -0.39 is 6.09 Å². The van der Waals surface area contributed by atoms with Crippen LogP contribution in [-0.4, -0.2) is 66.6 Å². The van der Waals surface area contributed by atoms with Crippen molar-refractivity contribution in [3.05, 3.63) is 24.0 Å². The van der Waals surface area contributed by atoms with Gasteiger partial charge in [-0.1, -0.05) is 6.92 Å². The maximum absolute atomic E-state index is 10.9. The van der Waals surface area contributed by atoms with Gasteiger partial charge in [0.15, 0.2) is 0 Å². The Morgan fingerprint density at radius 1 is 1.38 bits per heavy atom. The molecule has 0 radical (unpaired) electrons. The van der Waals surface area contributed by atoms with Gasteiger partial charge in [0.2, 0.25) is 0 Å². The van der Waals surface area contributed by atoms with E-state index in [9.17, 15) is 9.59 Å². The maximum atomic E-state index is 10.9. The molecule has 1 saturated heterocycles. The van der Waals surface area contributed by atoms with Gasteiger partial charge in [-0.25, -0.2) is 4.79 Å². The fraction of sp³-hybridized carbons (Fsp3) is 0.588. The highest BCUT2D eigenvalue weighted by Gasteiger charge is 2.20. The first kappa shape index (κ1) is 18.2. The van der Waals surface area contributed by atoms with E-state index in [0.29, 0.717) is 32.1 Å². The molecule has 2 rings (SSSR count). The molecule has 2 heterocycles. The van der Waals surface area contributed by atoms with E-state index in [-0.39, 0.29) is 6.04 Å². The van der Waals surface area contributed by atoms with Crippen molar-refractivity contribution >= 4 is 18.1 Å². The topological polar surface area (TPSA) is 85.8 Å². The van der Waals surface area contributed by atoms with Gasteiger partial charge in [0.25, 0.3) is 0 Å². The Morgan fingerprint density at radius 2 is 2.08 bits per heavy atom. The van der Waals surface area contributed by atoms with E-state index in [1.165, 1.54) is 4.90 Å². The molecular formula is C17H26N4O3. The van der Waals surface area contributed by atoms with Crippen LogP contribution >= 0.6 is 0 Å². The highest BCUT2D eigenvalue weighted by atomic mass is 16.4. The van der Waals surface area contributed by atoms with Crippen molar-refractivity contribution in [2.75, 3.05) is 38.1 Å². The first-order chi connectivity index (χ1) is 11.5. The van der Waals surface area contributed by atoms with Crippen molar-refractivity contribution in [1.82, 2.24) is 15.2 Å². The Hall–Kier alpha value is -2.15. The number of anilines is 1. The molecule has 0 aliphatic carbocycles. The molecular weight excluding hydrogens is 308 g/mol. The lowest BCUT2D eigenvalue weighted by Gasteiger charge is -2.34. The van der Waals surface area contributed by atoms with Gasteiger partial charge < -0.3 is 25.0 Å². The average molecular weight is 334 g/mol. The van der Waals surface area contributed by atoms with Crippen LogP contribution in [0, 0.1) is 5.92 Å². The zero-order valence-corrected chi connectivity index (χ0v) is 14.3. The molecule has 2 N–H and O–H groups in total. The smallest absolute Gasteiger partial charge is 0.407 e. The molecule has 1 aliphatic rings. The molecule has 0 saturated carbocycles. The standard InChI is InChI=1S/C17H26N4O3/c1-13(10-15(12-22)18-2)9-14-3-4-16(11-19-14)20-5-7-21(8-6-20)17(23)24/h3-4,11-13,15,18H,5-10H2,1-2H3,(H,23,24). The molecule has 7 heteroatoms. The number of amides is 1. The van der Waals surface area contributed by atoms with Crippen LogP contribution in [-0.2, 0) is 11.2 Å². The highest BCUT2D eigenvalue weighted by molar-refractivity contribution is 5.65. The van der Waals surface area contributed by atoms with E-state index in [1.54, 1.807) is 7.05 Å². The number of carboxylic acid groups (broad SMARTS) is 1. The second kappa shape index (κ2) is 8.63. The summed E-state index contributed by atoms with van der Waals surface area (Å²) in [6, 6.07) is 3.95. The quantitative estimate of drug-likeness (QED) is 0.730. The zero-order chi connectivity index (χ0) is 17.5. The van der Waals surface area contributed by atoms with Crippen LogP contribution in [0.4, 0.5) is 10.5 Å². The summed E-state index contributed by atoms with van der Waals surface area (Å²) in [7, 11) is 1.79. The number of hydrogen-bond acceptors (Lipinski definition) is 5. The third kappa shape index (κ3) is 4.92. The van der Waals surface area contributed by atoms with Crippen LogP contribution in [0.25, 0.3) is 0 Å². The Bertz CT molecular complexity index is 541. The summed E-state index contributed by atoms with van der Waals surface area (Å²) in [5.74, 6) is 0.366. The van der Waals surface area contributed by atoms with Gasteiger partial charge in [-0.05, 0) is 37.9 Å². The summed E-state index contributed by atoms with van der Waals surface area (Å²) in [5, 5.41) is 12.0. The summed E-state index contributed by atoms with van der Waals surface area (Å²) in [6.45, 7) is 4.53. The van der Waals surface area contributed by atoms with Crippen molar-refractivity contribution in [3.63, 3.8) is 0 Å². The Labute approximate surface area is 142 Å². The molecule has 132 valence electrons. The molecule has 1 aromatic heterocycles. The number of carbonyl (C=O) groups is 2. The summed E-state index contributed by atoms with van der Waals surface area (Å²) < 4.78 is 0. The predicted octanol–water partition coefficient (Wildman–Crippen LogP) is 1.24. The van der Waals surface area contributed by atoms with Crippen LogP contribution in [0.3, 0.4) is 0 Å². The summed E-state index contributed by atoms with van der Waals surface area (Å²) in [5.41, 5.74) is 2.04. The van der Waals surface area contributed by atoms with Gasteiger partial charge in [-0.2, -0.15) is 0 Å². The number of pyridine rings is 1. The van der Waals surface area contributed by atoms with Crippen molar-refractivity contribution in [2.45, 2.75) is 25.8 Å². The predicted molar refractivity (Wildman–Crippen MR) is 92.4 cm³/mol. The van der Waals surface area contributed by atoms with E-state index in [0.717, 1.165) is 30.5 Å². The molecule has 0 aromatic carbocycles. The third-order valence-electron chi connectivity index (χ3n) is 4.47. The number of carbonyl (C=O) groups excluding carboxylic acids is 1. The zero-order valence-electron chi connectivity index (χ0n) is 14.3. The minimum Gasteiger partial charge on any atom is -0.465 e. The monoisotopic (exact) mass is 334 g/mol. The number of nitrogens with zero attached hydrogens (tertiary/aromatic N) is 3. The fourth-order valence-corrected chi connectivity index (χ4v) is 3.00. The number of piperazine rings is 1. The molecule has 0 spiro atoms. The van der Waals surface area contributed by atoms with Crippen molar-refractivity contribution < 1.29 is 14.7 Å². The minimum absolute atomic E-state index is 0.107. The second-order valence-electron chi connectivity index (χ2n) is 6.34. The summed E-state index contributed by atoms with van der Waals surface area (Å²) in [6.07, 6.45) is 3.57. The van der Waals surface area contributed by atoms with Gasteiger partial charge >= 0.3 is 6.09 Å². The third-order valence-corrected chi connectivity index (χ3v) is 4.47. The normalized spacial score (nSPS) is 17.4. The first-order valence-corrected chi connectivity index (χ1v) is 8.33. The lowest BCUT2D eigenvalue weighted by Crippen LogP contribution is -2.48. The summed E-state index contributed by atoms with van der Waals surface area (Å²) >= 11 is 0. The van der Waals surface area contributed by atoms with Crippen LogP contribution < -0.4 is 10.2 Å². The van der Waals surface area contributed by atoms with Crippen LogP contribution in [0.15, 0.2) is 18.3 Å². The number of likely N-dealkylation sites (N-methyl/N-ethyl adjacent to an activating group) is 1. The van der Waals surface area contributed by atoms with Gasteiger partial charge in [0, 0.05) is 31.9 Å². The lowest BCUT2D eigenvalue weighted by atomic mass is 9.97. The number of aldehydes is 1. The molecule has 24 heavy (non-hydrogen) atoms. The highest BCUT2D eigenvalue weighted by Crippen LogP contribution is 2.18. The van der Waals surface area contributed by atoms with Crippen molar-refractivity contribution in [1.29, 1.82) is 0 Å². The maximum Gasteiger partial charge on any atom is 0.407 e. The van der Waals surface area contributed by atoms with E-state index in [4.69, 9.17) is 5.11 Å². The van der Waals surface area contributed by atoms with E-state index in [1.807, 2.05) is 18.3 Å². The van der Waals surface area contributed by atoms with Gasteiger partial charge in [0.1, 0.15) is 6.29 Å². The molecule has 0 bridgehead atoms. The number of hydrogen-bond donors (Lipinski definition) is 2. The van der Waals surface area contributed by atoms with Gasteiger partial charge in [-0.15, -0.1) is 0 Å². The molecule has 1 amide bonds. The van der Waals surface area contributed by atoms with Crippen LogP contribution in [0.5, 0.6) is 0 Å². The number of rotatable bonds is 7. The lowest BCUT2D eigenvalue weighted by molar-refractivity contribution is -0.109. The first-order valence-electron chi connectivity index (χ1n) is 8.33. The second-order valence-corrected chi connectivity index (χ2v) is 6.34. The van der Waals surface area contributed by atoms with Crippen LogP contribution in [0.2, 0.25) is 0 Å².